The van der Waals surface area contributed by atoms with Gasteiger partial charge in [-0.15, -0.1) is 0 Å². The summed E-state index contributed by atoms with van der Waals surface area (Å²) in [6.45, 7) is 1.83. The fourth-order valence-corrected chi connectivity index (χ4v) is 3.52. The van der Waals surface area contributed by atoms with Crippen LogP contribution in [-0.2, 0) is 9.53 Å². The number of hydrazine groups is 1. The van der Waals surface area contributed by atoms with Gasteiger partial charge in [0.15, 0.2) is 5.82 Å². The van der Waals surface area contributed by atoms with E-state index < -0.39 is 0 Å². The Labute approximate surface area is 158 Å². The first kappa shape index (κ1) is 18.5. The molecule has 0 aliphatic carbocycles. The minimum absolute atomic E-state index is 0.0304. The maximum Gasteiger partial charge on any atom is 0.264 e. The minimum Gasteiger partial charge on any atom is -0.375 e. The Balaban J connectivity index is 1.63. The monoisotopic (exact) mass is 374 g/mol. The number of nitrogens with zero attached hydrogens (tertiary/aromatic N) is 2. The summed E-state index contributed by atoms with van der Waals surface area (Å²) in [6, 6.07) is 12.5. The van der Waals surface area contributed by atoms with Crippen LogP contribution in [0.15, 0.2) is 42.6 Å². The molecule has 0 saturated carbocycles. The third kappa shape index (κ3) is 4.45. The molecule has 3 rings (SSSR count). The lowest BCUT2D eigenvalue weighted by Gasteiger charge is -2.34. The van der Waals surface area contributed by atoms with Crippen molar-refractivity contribution in [1.82, 2.24) is 10.4 Å². The molecule has 1 aliphatic rings. The molecule has 0 atom stereocenters. The van der Waals surface area contributed by atoms with Gasteiger partial charge >= 0.3 is 0 Å². The Morgan fingerprint density at radius 2 is 2.00 bits per heavy atom. The number of piperidine rings is 1. The SMILES string of the molecule is COCC(=O)NNc1nccc(N2CCC(c3ccccc3)CC2)c1Cl. The predicted molar refractivity (Wildman–Crippen MR) is 104 cm³/mol. The third-order valence-electron chi connectivity index (χ3n) is 4.57. The topological polar surface area (TPSA) is 66.5 Å². The van der Waals surface area contributed by atoms with Crippen LogP contribution in [0.4, 0.5) is 11.5 Å². The van der Waals surface area contributed by atoms with Gasteiger partial charge in [0.25, 0.3) is 5.91 Å². The van der Waals surface area contributed by atoms with Gasteiger partial charge in [0.05, 0.1) is 5.69 Å². The summed E-state index contributed by atoms with van der Waals surface area (Å²) in [7, 11) is 1.46. The molecule has 2 N–H and O–H groups in total. The van der Waals surface area contributed by atoms with Crippen LogP contribution in [0, 0.1) is 0 Å². The van der Waals surface area contributed by atoms with Crippen molar-refractivity contribution in [1.29, 1.82) is 0 Å². The number of hydrogen-bond donors (Lipinski definition) is 2. The number of nitrogens with one attached hydrogen (secondary N) is 2. The molecule has 138 valence electrons. The normalized spacial score (nSPS) is 14.9. The summed E-state index contributed by atoms with van der Waals surface area (Å²) in [5.41, 5.74) is 7.61. The molecule has 26 heavy (non-hydrogen) atoms. The standard InChI is InChI=1S/C19H23ClN4O2/c1-26-13-17(25)22-23-19-18(20)16(7-10-21-19)24-11-8-15(9-12-24)14-5-3-2-4-6-14/h2-7,10,15H,8-9,11-13H2,1H3,(H,21,23)(H,22,25). The molecule has 1 aromatic carbocycles. The first-order valence-electron chi connectivity index (χ1n) is 8.67. The second kappa shape index (κ2) is 8.87. The molecular weight excluding hydrogens is 352 g/mol. The highest BCUT2D eigenvalue weighted by molar-refractivity contribution is 6.35. The van der Waals surface area contributed by atoms with Gasteiger partial charge < -0.3 is 9.64 Å². The lowest BCUT2D eigenvalue weighted by Crippen LogP contribution is -2.34. The Hall–Kier alpha value is -2.31. The fourth-order valence-electron chi connectivity index (χ4n) is 3.24. The summed E-state index contributed by atoms with van der Waals surface area (Å²) in [5.74, 6) is 0.720. The number of anilines is 2. The molecule has 0 bridgehead atoms. The van der Waals surface area contributed by atoms with Gasteiger partial charge in [0.1, 0.15) is 11.6 Å². The van der Waals surface area contributed by atoms with Crippen molar-refractivity contribution >= 4 is 29.0 Å². The number of hydrogen-bond acceptors (Lipinski definition) is 5. The van der Waals surface area contributed by atoms with Crippen molar-refractivity contribution in [3.63, 3.8) is 0 Å². The number of rotatable bonds is 6. The van der Waals surface area contributed by atoms with E-state index in [2.05, 4.69) is 51.1 Å². The molecule has 2 aromatic rings. The predicted octanol–water partition coefficient (Wildman–Crippen LogP) is 3.21. The zero-order chi connectivity index (χ0) is 18.4. The van der Waals surface area contributed by atoms with E-state index in [1.54, 1.807) is 6.20 Å². The van der Waals surface area contributed by atoms with Crippen molar-refractivity contribution < 1.29 is 9.53 Å². The summed E-state index contributed by atoms with van der Waals surface area (Å²) in [4.78, 5) is 18.0. The van der Waals surface area contributed by atoms with E-state index in [4.69, 9.17) is 16.3 Å². The fraction of sp³-hybridized carbons (Fsp3) is 0.368. The Morgan fingerprint density at radius 3 is 2.69 bits per heavy atom. The van der Waals surface area contributed by atoms with E-state index >= 15 is 0 Å². The van der Waals surface area contributed by atoms with Crippen molar-refractivity contribution in [3.05, 3.63) is 53.2 Å². The minimum atomic E-state index is -0.292. The average molecular weight is 375 g/mol. The number of halogens is 1. The first-order valence-corrected chi connectivity index (χ1v) is 9.05. The van der Waals surface area contributed by atoms with E-state index in [-0.39, 0.29) is 12.5 Å². The average Bonchev–Trinajstić information content (AvgIpc) is 2.68. The summed E-state index contributed by atoms with van der Waals surface area (Å²) in [6.07, 6.45) is 3.85. The van der Waals surface area contributed by atoms with E-state index in [9.17, 15) is 4.79 Å². The second-order valence-electron chi connectivity index (χ2n) is 6.27. The van der Waals surface area contributed by atoms with Gasteiger partial charge in [-0.05, 0) is 30.4 Å². The van der Waals surface area contributed by atoms with Crippen molar-refractivity contribution in [3.8, 4) is 0 Å². The highest BCUT2D eigenvalue weighted by atomic mass is 35.5. The highest BCUT2D eigenvalue weighted by Crippen LogP contribution is 2.35. The quantitative estimate of drug-likeness (QED) is 0.760. The molecule has 1 fully saturated rings. The summed E-state index contributed by atoms with van der Waals surface area (Å²) >= 11 is 6.51. The van der Waals surface area contributed by atoms with E-state index in [1.807, 2.05) is 6.07 Å². The highest BCUT2D eigenvalue weighted by Gasteiger charge is 2.23. The van der Waals surface area contributed by atoms with E-state index in [0.717, 1.165) is 31.6 Å². The number of methoxy groups -OCH3 is 1. The maximum atomic E-state index is 11.5. The number of aromatic nitrogens is 1. The van der Waals surface area contributed by atoms with Crippen LogP contribution >= 0.6 is 11.6 Å². The molecule has 1 aliphatic heterocycles. The molecule has 7 heteroatoms. The van der Waals surface area contributed by atoms with Crippen LogP contribution in [0.1, 0.15) is 24.3 Å². The Kier molecular flexibility index (Phi) is 6.30. The lowest BCUT2D eigenvalue weighted by molar-refractivity contribution is -0.124. The van der Waals surface area contributed by atoms with Gasteiger partial charge in [-0.2, -0.15) is 0 Å². The van der Waals surface area contributed by atoms with E-state index in [0.29, 0.717) is 16.8 Å². The second-order valence-corrected chi connectivity index (χ2v) is 6.65. The van der Waals surface area contributed by atoms with Crippen molar-refractivity contribution in [2.24, 2.45) is 0 Å². The van der Waals surface area contributed by atoms with Crippen LogP contribution in [0.25, 0.3) is 0 Å². The lowest BCUT2D eigenvalue weighted by atomic mass is 9.89. The molecule has 0 spiro atoms. The molecule has 1 amide bonds. The number of carbonyl (C=O) groups excluding carboxylic acids is 1. The molecule has 0 radical (unpaired) electrons. The Morgan fingerprint density at radius 1 is 1.27 bits per heavy atom. The zero-order valence-electron chi connectivity index (χ0n) is 14.7. The molecule has 6 nitrogen and oxygen atoms in total. The van der Waals surface area contributed by atoms with Crippen LogP contribution in [0.5, 0.6) is 0 Å². The van der Waals surface area contributed by atoms with Gasteiger partial charge in [0, 0.05) is 26.4 Å². The van der Waals surface area contributed by atoms with Crippen LogP contribution in [0.3, 0.4) is 0 Å². The molecule has 0 unspecified atom stereocenters. The zero-order valence-corrected chi connectivity index (χ0v) is 15.5. The summed E-state index contributed by atoms with van der Waals surface area (Å²) < 4.78 is 4.77. The number of amides is 1. The summed E-state index contributed by atoms with van der Waals surface area (Å²) in [5, 5.41) is 0.503. The number of ether oxygens (including phenoxy) is 1. The molecule has 1 aromatic heterocycles. The molecule has 1 saturated heterocycles. The van der Waals surface area contributed by atoms with Gasteiger partial charge in [-0.3, -0.25) is 15.6 Å². The van der Waals surface area contributed by atoms with Gasteiger partial charge in [-0.25, -0.2) is 4.98 Å². The first-order chi connectivity index (χ1) is 12.7. The van der Waals surface area contributed by atoms with Crippen LogP contribution in [-0.4, -0.2) is 37.7 Å². The van der Waals surface area contributed by atoms with Crippen LogP contribution < -0.4 is 15.8 Å². The molecular formula is C19H23ClN4O2. The van der Waals surface area contributed by atoms with E-state index in [1.165, 1.54) is 12.7 Å². The van der Waals surface area contributed by atoms with Crippen molar-refractivity contribution in [2.45, 2.75) is 18.8 Å². The number of pyridine rings is 1. The third-order valence-corrected chi connectivity index (χ3v) is 4.94. The largest absolute Gasteiger partial charge is 0.375 e. The molecule has 2 heterocycles. The van der Waals surface area contributed by atoms with Crippen molar-refractivity contribution in [2.75, 3.05) is 37.1 Å². The smallest absolute Gasteiger partial charge is 0.264 e. The van der Waals surface area contributed by atoms with Gasteiger partial charge in [0.2, 0.25) is 0 Å². The van der Waals surface area contributed by atoms with Crippen LogP contribution in [0.2, 0.25) is 5.02 Å². The Bertz CT molecular complexity index is 734. The maximum absolute atomic E-state index is 11.5. The number of benzene rings is 1. The van der Waals surface area contributed by atoms with Gasteiger partial charge in [-0.1, -0.05) is 41.9 Å². The number of carbonyl (C=O) groups is 1.